The van der Waals surface area contributed by atoms with Crippen molar-refractivity contribution in [3.05, 3.63) is 28.6 Å². The first kappa shape index (κ1) is 24.2. The van der Waals surface area contributed by atoms with E-state index >= 15 is 0 Å². The summed E-state index contributed by atoms with van der Waals surface area (Å²) >= 11 is 0. The smallest absolute Gasteiger partial charge is 0.349 e. The predicted octanol–water partition coefficient (Wildman–Crippen LogP) is 4.11. The van der Waals surface area contributed by atoms with Crippen LogP contribution in [0.2, 0.25) is 0 Å². The zero-order valence-electron chi connectivity index (χ0n) is 19.1. The van der Waals surface area contributed by atoms with Gasteiger partial charge in [0.05, 0.1) is 6.07 Å². The van der Waals surface area contributed by atoms with E-state index in [1.54, 1.807) is 6.92 Å². The monoisotopic (exact) mass is 424 g/mol. The lowest BCUT2D eigenvalue weighted by atomic mass is 9.90. The maximum Gasteiger partial charge on any atom is 0.349 e. The Morgan fingerprint density at radius 3 is 2.48 bits per heavy atom. The van der Waals surface area contributed by atoms with E-state index in [0.717, 1.165) is 29.8 Å². The molecule has 166 valence electrons. The fourth-order valence-corrected chi connectivity index (χ4v) is 3.98. The molecule has 7 nitrogen and oxygen atoms in total. The number of aromatic nitrogens is 1. The van der Waals surface area contributed by atoms with Crippen molar-refractivity contribution in [2.24, 2.45) is 5.92 Å². The van der Waals surface area contributed by atoms with Crippen molar-refractivity contribution in [1.82, 2.24) is 9.88 Å². The molecule has 1 saturated carbocycles. The summed E-state index contributed by atoms with van der Waals surface area (Å²) in [6, 6.07) is 6.37. The topological polar surface area (TPSA) is 108 Å². The molecular formula is C24H32N4O3. The minimum Gasteiger partial charge on any atom is -0.451 e. The number of ether oxygens (including phenoxy) is 1. The molecule has 0 saturated heterocycles. The molecule has 1 heterocycles. The number of hydrogen-bond acceptors (Lipinski definition) is 5. The Morgan fingerprint density at radius 2 is 1.94 bits per heavy atom. The second-order valence-electron chi connectivity index (χ2n) is 8.75. The molecule has 2 rings (SSSR count). The molecular weight excluding hydrogens is 392 g/mol. The molecule has 1 aliphatic rings. The van der Waals surface area contributed by atoms with Crippen LogP contribution >= 0.6 is 0 Å². The van der Waals surface area contributed by atoms with E-state index in [1.807, 2.05) is 39.8 Å². The number of nitriles is 2. The van der Waals surface area contributed by atoms with Crippen LogP contribution in [0.1, 0.15) is 75.9 Å². The molecule has 1 fully saturated rings. The number of nitrogens with one attached hydrogen (secondary N) is 1. The van der Waals surface area contributed by atoms with Gasteiger partial charge in [-0.15, -0.1) is 0 Å². The summed E-state index contributed by atoms with van der Waals surface area (Å²) < 4.78 is 7.33. The van der Waals surface area contributed by atoms with Crippen LogP contribution in [0.3, 0.4) is 0 Å². The van der Waals surface area contributed by atoms with Crippen molar-refractivity contribution in [2.75, 3.05) is 6.61 Å². The summed E-state index contributed by atoms with van der Waals surface area (Å²) in [5, 5.41) is 21.3. The molecule has 1 N–H and O–H groups in total. The summed E-state index contributed by atoms with van der Waals surface area (Å²) in [6.45, 7) is 8.72. The van der Waals surface area contributed by atoms with Crippen LogP contribution in [0, 0.1) is 42.4 Å². The number of carbonyl (C=O) groups excluding carboxylic acids is 2. The number of amides is 1. The van der Waals surface area contributed by atoms with Gasteiger partial charge < -0.3 is 14.6 Å². The molecule has 1 aromatic heterocycles. The highest BCUT2D eigenvalue weighted by Crippen LogP contribution is 2.32. The molecule has 0 bridgehead atoms. The van der Waals surface area contributed by atoms with Crippen LogP contribution in [0.5, 0.6) is 0 Å². The molecule has 1 aliphatic carbocycles. The first-order valence-corrected chi connectivity index (χ1v) is 10.8. The zero-order chi connectivity index (χ0) is 23.2. The second-order valence-corrected chi connectivity index (χ2v) is 8.75. The summed E-state index contributed by atoms with van der Waals surface area (Å²) in [5.74, 6) is -1.56. The minimum atomic E-state index is -1.06. The van der Waals surface area contributed by atoms with Crippen LogP contribution in [-0.2, 0) is 14.3 Å². The van der Waals surface area contributed by atoms with Crippen LogP contribution in [0.15, 0.2) is 11.6 Å². The summed E-state index contributed by atoms with van der Waals surface area (Å²) in [7, 11) is 0. The van der Waals surface area contributed by atoms with Gasteiger partial charge in [0.2, 0.25) is 0 Å². The standard InChI is InChI=1S/C24H32N4O3/c1-16(2)24(5,15-26)27-22(29)14-31-23(30)20(13-25)12-19-11-17(3)28(18(19)4)21-9-7-6-8-10-21/h11-12,16,21H,6-10,14H2,1-5H3,(H,27,29)/b20-12+/t24-/m1/s1. The molecule has 7 heteroatoms. The number of aryl methyl sites for hydroxylation is 1. The number of rotatable bonds is 7. The van der Waals surface area contributed by atoms with Gasteiger partial charge in [0.15, 0.2) is 6.61 Å². The largest absolute Gasteiger partial charge is 0.451 e. The lowest BCUT2D eigenvalue weighted by Gasteiger charge is -2.27. The van der Waals surface area contributed by atoms with Crippen molar-refractivity contribution in [2.45, 2.75) is 78.3 Å². The Balaban J connectivity index is 2.10. The minimum absolute atomic E-state index is 0.119. The van der Waals surface area contributed by atoms with Crippen molar-refractivity contribution >= 4 is 18.0 Å². The molecule has 0 aromatic carbocycles. The first-order chi connectivity index (χ1) is 14.6. The average molecular weight is 425 g/mol. The van der Waals surface area contributed by atoms with Gasteiger partial charge in [-0.25, -0.2) is 4.79 Å². The lowest BCUT2D eigenvalue weighted by molar-refractivity contribution is -0.144. The third-order valence-corrected chi connectivity index (χ3v) is 6.22. The molecule has 31 heavy (non-hydrogen) atoms. The van der Waals surface area contributed by atoms with Gasteiger partial charge in [0.25, 0.3) is 5.91 Å². The van der Waals surface area contributed by atoms with Crippen LogP contribution < -0.4 is 5.32 Å². The highest BCUT2D eigenvalue weighted by atomic mass is 16.5. The van der Waals surface area contributed by atoms with Gasteiger partial charge in [-0.3, -0.25) is 4.79 Å². The van der Waals surface area contributed by atoms with Crippen LogP contribution in [0.25, 0.3) is 6.08 Å². The molecule has 0 radical (unpaired) electrons. The maximum atomic E-state index is 12.4. The third-order valence-electron chi connectivity index (χ3n) is 6.22. The normalized spacial score (nSPS) is 16.8. The highest BCUT2D eigenvalue weighted by molar-refractivity contribution is 5.99. The highest BCUT2D eigenvalue weighted by Gasteiger charge is 2.30. The Bertz CT molecular complexity index is 939. The fourth-order valence-electron chi connectivity index (χ4n) is 3.98. The number of hydrogen-bond donors (Lipinski definition) is 1. The Hall–Kier alpha value is -3.06. The van der Waals surface area contributed by atoms with Gasteiger partial charge in [-0.2, -0.15) is 10.5 Å². The van der Waals surface area contributed by atoms with Crippen molar-refractivity contribution in [3.63, 3.8) is 0 Å². The van der Waals surface area contributed by atoms with E-state index in [0.29, 0.717) is 6.04 Å². The predicted molar refractivity (Wildman–Crippen MR) is 118 cm³/mol. The molecule has 0 spiro atoms. The molecule has 0 aliphatic heterocycles. The molecule has 1 atom stereocenters. The molecule has 1 aromatic rings. The molecule has 1 amide bonds. The van der Waals surface area contributed by atoms with E-state index < -0.39 is 24.0 Å². The van der Waals surface area contributed by atoms with E-state index in [1.165, 1.54) is 25.3 Å². The zero-order valence-corrected chi connectivity index (χ0v) is 19.1. The second kappa shape index (κ2) is 10.3. The molecule has 0 unspecified atom stereocenters. The fraction of sp³-hybridized carbons (Fsp3) is 0.583. The SMILES string of the molecule is Cc1cc(/C=C(\C#N)C(=O)OCC(=O)N[C@](C)(C#N)C(C)C)c(C)n1C1CCCCC1. The van der Waals surface area contributed by atoms with E-state index in [-0.39, 0.29) is 11.5 Å². The van der Waals surface area contributed by atoms with Crippen LogP contribution in [-0.4, -0.2) is 28.6 Å². The van der Waals surface area contributed by atoms with E-state index in [9.17, 15) is 20.1 Å². The quantitative estimate of drug-likeness (QED) is 0.402. The Labute approximate surface area is 184 Å². The van der Waals surface area contributed by atoms with Gasteiger partial charge in [0.1, 0.15) is 17.2 Å². The van der Waals surface area contributed by atoms with Crippen molar-refractivity contribution < 1.29 is 14.3 Å². The number of esters is 1. The van der Waals surface area contributed by atoms with Crippen molar-refractivity contribution in [1.29, 1.82) is 10.5 Å². The van der Waals surface area contributed by atoms with Gasteiger partial charge in [-0.05, 0) is 57.2 Å². The lowest BCUT2D eigenvalue weighted by Crippen LogP contribution is -2.50. The third kappa shape index (κ3) is 5.76. The number of carbonyl (C=O) groups is 2. The van der Waals surface area contributed by atoms with E-state index in [4.69, 9.17) is 4.74 Å². The summed E-state index contributed by atoms with van der Waals surface area (Å²) in [4.78, 5) is 24.5. The van der Waals surface area contributed by atoms with Crippen molar-refractivity contribution in [3.8, 4) is 12.1 Å². The Kier molecular flexibility index (Phi) is 8.05. The summed E-state index contributed by atoms with van der Waals surface area (Å²) in [5.41, 5.74) is 1.70. The Morgan fingerprint density at radius 1 is 1.29 bits per heavy atom. The van der Waals surface area contributed by atoms with Crippen LogP contribution in [0.4, 0.5) is 0 Å². The summed E-state index contributed by atoms with van der Waals surface area (Å²) in [6.07, 6.45) is 7.50. The first-order valence-electron chi connectivity index (χ1n) is 10.8. The average Bonchev–Trinajstić information content (AvgIpc) is 3.03. The maximum absolute atomic E-state index is 12.4. The number of nitrogens with zero attached hydrogens (tertiary/aromatic N) is 3. The van der Waals surface area contributed by atoms with Gasteiger partial charge in [-0.1, -0.05) is 33.1 Å². The van der Waals surface area contributed by atoms with E-state index in [2.05, 4.69) is 16.0 Å². The van der Waals surface area contributed by atoms with Gasteiger partial charge >= 0.3 is 5.97 Å². The van der Waals surface area contributed by atoms with Gasteiger partial charge in [0, 0.05) is 17.4 Å².